The number of nitrogens with zero attached hydrogens (tertiary/aromatic N) is 1. The maximum Gasteiger partial charge on any atom is 0.161 e. The third kappa shape index (κ3) is 1.69. The van der Waals surface area contributed by atoms with Gasteiger partial charge in [-0.1, -0.05) is 6.92 Å². The zero-order valence-corrected chi connectivity index (χ0v) is 8.64. The summed E-state index contributed by atoms with van der Waals surface area (Å²) in [6, 6.07) is 4.27. The first-order chi connectivity index (χ1) is 7.11. The van der Waals surface area contributed by atoms with Crippen LogP contribution in [-0.4, -0.2) is 4.98 Å². The lowest BCUT2D eigenvalue weighted by Crippen LogP contribution is -1.93. The summed E-state index contributed by atoms with van der Waals surface area (Å²) in [6.45, 7) is 3.83. The Kier molecular flexibility index (Phi) is 2.39. The molecule has 3 heteroatoms. The van der Waals surface area contributed by atoms with Gasteiger partial charge in [0.15, 0.2) is 11.6 Å². The smallest absolute Gasteiger partial charge is 0.161 e. The lowest BCUT2D eigenvalue weighted by molar-refractivity contribution is 0.510. The van der Waals surface area contributed by atoms with Crippen molar-refractivity contribution in [3.8, 4) is 0 Å². The Hall–Kier alpha value is -1.51. The molecule has 0 saturated heterocycles. The number of benzene rings is 1. The Balaban J connectivity index is 2.84. The van der Waals surface area contributed by atoms with Gasteiger partial charge >= 0.3 is 0 Å². The monoisotopic (exact) mass is 207 g/mol. The molecule has 1 aromatic heterocycles. The van der Waals surface area contributed by atoms with Crippen LogP contribution in [0.5, 0.6) is 0 Å². The summed E-state index contributed by atoms with van der Waals surface area (Å²) >= 11 is 0. The normalized spacial score (nSPS) is 10.9. The quantitative estimate of drug-likeness (QED) is 0.698. The minimum atomic E-state index is -0.845. The SMILES string of the molecule is CCc1cc(C)nc2cc(F)c(F)cc12. The van der Waals surface area contributed by atoms with E-state index in [-0.39, 0.29) is 0 Å². The highest BCUT2D eigenvalue weighted by atomic mass is 19.2. The highest BCUT2D eigenvalue weighted by Gasteiger charge is 2.08. The van der Waals surface area contributed by atoms with Gasteiger partial charge in [0.05, 0.1) is 5.52 Å². The van der Waals surface area contributed by atoms with Crippen LogP contribution < -0.4 is 0 Å². The van der Waals surface area contributed by atoms with Crippen LogP contribution in [0.3, 0.4) is 0 Å². The largest absolute Gasteiger partial charge is 0.253 e. The first-order valence-electron chi connectivity index (χ1n) is 4.87. The Morgan fingerprint density at radius 3 is 2.47 bits per heavy atom. The van der Waals surface area contributed by atoms with Crippen molar-refractivity contribution in [1.82, 2.24) is 4.98 Å². The molecule has 0 radical (unpaired) electrons. The van der Waals surface area contributed by atoms with E-state index in [0.717, 1.165) is 23.7 Å². The molecule has 0 saturated carbocycles. The number of aromatic nitrogens is 1. The topological polar surface area (TPSA) is 12.9 Å². The summed E-state index contributed by atoms with van der Waals surface area (Å²) in [4.78, 5) is 4.18. The first kappa shape index (κ1) is 10.0. The summed E-state index contributed by atoms with van der Waals surface area (Å²) in [5, 5.41) is 0.696. The van der Waals surface area contributed by atoms with E-state index in [1.165, 1.54) is 6.07 Å². The molecule has 2 aromatic rings. The molecule has 1 nitrogen and oxygen atoms in total. The number of rotatable bonds is 1. The van der Waals surface area contributed by atoms with E-state index in [1.807, 2.05) is 19.9 Å². The minimum Gasteiger partial charge on any atom is -0.253 e. The maximum absolute atomic E-state index is 13.1. The molecule has 0 aliphatic heterocycles. The van der Waals surface area contributed by atoms with E-state index in [1.54, 1.807) is 0 Å². The van der Waals surface area contributed by atoms with Crippen LogP contribution >= 0.6 is 0 Å². The van der Waals surface area contributed by atoms with Gasteiger partial charge in [-0.3, -0.25) is 4.98 Å². The van der Waals surface area contributed by atoms with Crippen molar-refractivity contribution < 1.29 is 8.78 Å². The molecule has 1 aromatic carbocycles. The number of pyridine rings is 1. The van der Waals surface area contributed by atoms with E-state index in [9.17, 15) is 8.78 Å². The van der Waals surface area contributed by atoms with Crippen LogP contribution in [0.1, 0.15) is 18.2 Å². The molecule has 15 heavy (non-hydrogen) atoms. The lowest BCUT2D eigenvalue weighted by Gasteiger charge is -2.06. The van der Waals surface area contributed by atoms with Gasteiger partial charge in [-0.15, -0.1) is 0 Å². The molecular weight excluding hydrogens is 196 g/mol. The fourth-order valence-corrected chi connectivity index (χ4v) is 1.73. The molecule has 0 amide bonds. The van der Waals surface area contributed by atoms with E-state index in [2.05, 4.69) is 4.98 Å². The molecular formula is C12H11F2N. The van der Waals surface area contributed by atoms with E-state index >= 15 is 0 Å². The molecule has 0 unspecified atom stereocenters. The average molecular weight is 207 g/mol. The molecule has 0 fully saturated rings. The molecule has 78 valence electrons. The van der Waals surface area contributed by atoms with Crippen molar-refractivity contribution in [3.63, 3.8) is 0 Å². The van der Waals surface area contributed by atoms with E-state index < -0.39 is 11.6 Å². The van der Waals surface area contributed by atoms with Crippen LogP contribution in [0.4, 0.5) is 8.78 Å². The summed E-state index contributed by atoms with van der Waals surface area (Å²) in [5.74, 6) is -1.66. The number of hydrogen-bond donors (Lipinski definition) is 0. The highest BCUT2D eigenvalue weighted by molar-refractivity contribution is 5.82. The van der Waals surface area contributed by atoms with Crippen LogP contribution in [0.25, 0.3) is 10.9 Å². The number of fused-ring (bicyclic) bond motifs is 1. The van der Waals surface area contributed by atoms with Gasteiger partial charge < -0.3 is 0 Å². The summed E-state index contributed by atoms with van der Waals surface area (Å²) < 4.78 is 26.1. The molecule has 0 bridgehead atoms. The summed E-state index contributed by atoms with van der Waals surface area (Å²) in [7, 11) is 0. The van der Waals surface area contributed by atoms with Gasteiger partial charge in [-0.2, -0.15) is 0 Å². The van der Waals surface area contributed by atoms with Gasteiger partial charge in [0.2, 0.25) is 0 Å². The van der Waals surface area contributed by atoms with Crippen molar-refractivity contribution >= 4 is 10.9 Å². The molecule has 0 aliphatic carbocycles. The second-order valence-electron chi connectivity index (χ2n) is 3.56. The zero-order chi connectivity index (χ0) is 11.0. The van der Waals surface area contributed by atoms with E-state index in [0.29, 0.717) is 10.9 Å². The zero-order valence-electron chi connectivity index (χ0n) is 8.64. The third-order valence-electron chi connectivity index (χ3n) is 2.45. The predicted molar refractivity (Wildman–Crippen MR) is 55.8 cm³/mol. The van der Waals surface area contributed by atoms with Crippen molar-refractivity contribution in [2.45, 2.75) is 20.3 Å². The lowest BCUT2D eigenvalue weighted by atomic mass is 10.1. The molecule has 1 heterocycles. The van der Waals surface area contributed by atoms with Crippen LogP contribution in [0, 0.1) is 18.6 Å². The second-order valence-corrected chi connectivity index (χ2v) is 3.56. The minimum absolute atomic E-state index is 0.519. The van der Waals surface area contributed by atoms with Gasteiger partial charge in [0.1, 0.15) is 0 Å². The summed E-state index contributed by atoms with van der Waals surface area (Å²) in [5.41, 5.74) is 2.34. The number of aryl methyl sites for hydroxylation is 2. The maximum atomic E-state index is 13.1. The van der Waals surface area contributed by atoms with Crippen LogP contribution in [0.2, 0.25) is 0 Å². The van der Waals surface area contributed by atoms with Crippen LogP contribution in [0.15, 0.2) is 18.2 Å². The molecule has 0 aliphatic rings. The first-order valence-corrected chi connectivity index (χ1v) is 4.87. The van der Waals surface area contributed by atoms with Crippen molar-refractivity contribution in [2.24, 2.45) is 0 Å². The number of halogens is 2. The fourth-order valence-electron chi connectivity index (χ4n) is 1.73. The number of hydrogen-bond acceptors (Lipinski definition) is 1. The summed E-state index contributed by atoms with van der Waals surface area (Å²) in [6.07, 6.45) is 0.783. The predicted octanol–water partition coefficient (Wildman–Crippen LogP) is 3.38. The van der Waals surface area contributed by atoms with Gasteiger partial charge in [0, 0.05) is 17.1 Å². The average Bonchev–Trinajstić information content (AvgIpc) is 2.19. The van der Waals surface area contributed by atoms with Crippen molar-refractivity contribution in [3.05, 3.63) is 41.1 Å². The van der Waals surface area contributed by atoms with E-state index in [4.69, 9.17) is 0 Å². The molecule has 0 N–H and O–H groups in total. The Morgan fingerprint density at radius 2 is 1.80 bits per heavy atom. The van der Waals surface area contributed by atoms with Crippen molar-refractivity contribution in [1.29, 1.82) is 0 Å². The van der Waals surface area contributed by atoms with Crippen LogP contribution in [-0.2, 0) is 6.42 Å². The Labute approximate surface area is 86.8 Å². The molecule has 2 rings (SSSR count). The van der Waals surface area contributed by atoms with Crippen molar-refractivity contribution in [2.75, 3.05) is 0 Å². The Morgan fingerprint density at radius 1 is 1.13 bits per heavy atom. The molecule has 0 spiro atoms. The molecule has 0 atom stereocenters. The highest BCUT2D eigenvalue weighted by Crippen LogP contribution is 2.21. The third-order valence-corrected chi connectivity index (χ3v) is 2.45. The Bertz CT molecular complexity index is 521. The fraction of sp³-hybridized carbons (Fsp3) is 0.250. The van der Waals surface area contributed by atoms with Gasteiger partial charge in [-0.25, -0.2) is 8.78 Å². The van der Waals surface area contributed by atoms with Gasteiger partial charge in [-0.05, 0) is 31.0 Å². The standard InChI is InChI=1S/C12H11F2N/c1-3-8-4-7(2)15-12-6-11(14)10(13)5-9(8)12/h4-6H,3H2,1-2H3. The second kappa shape index (κ2) is 3.57. The van der Waals surface area contributed by atoms with Gasteiger partial charge in [0.25, 0.3) is 0 Å².